The van der Waals surface area contributed by atoms with E-state index in [4.69, 9.17) is 14.2 Å². The molecule has 0 saturated carbocycles. The van der Waals surface area contributed by atoms with Crippen LogP contribution >= 0.6 is 0 Å². The summed E-state index contributed by atoms with van der Waals surface area (Å²) in [4.78, 5) is 4.62. The van der Waals surface area contributed by atoms with Crippen LogP contribution in [0, 0.1) is 6.92 Å². The molecule has 184 valence electrons. The molecule has 1 heterocycles. The summed E-state index contributed by atoms with van der Waals surface area (Å²) in [5.41, 5.74) is 3.59. The molecule has 1 atom stereocenters. The molecule has 0 aliphatic heterocycles. The number of aliphatic hydroxyl groups excluding tert-OH is 1. The molecule has 0 radical (unpaired) electrons. The van der Waals surface area contributed by atoms with E-state index < -0.39 is 6.10 Å². The zero-order valence-corrected chi connectivity index (χ0v) is 20.7. The van der Waals surface area contributed by atoms with E-state index in [2.05, 4.69) is 22.3 Å². The molecule has 1 unspecified atom stereocenters. The van der Waals surface area contributed by atoms with Gasteiger partial charge in [0.25, 0.3) is 0 Å². The summed E-state index contributed by atoms with van der Waals surface area (Å²) in [5, 5.41) is 18.0. The van der Waals surface area contributed by atoms with Crippen molar-refractivity contribution in [2.45, 2.75) is 46.3 Å². The van der Waals surface area contributed by atoms with Gasteiger partial charge in [0.15, 0.2) is 5.82 Å². The van der Waals surface area contributed by atoms with Gasteiger partial charge in [0.2, 0.25) is 0 Å². The monoisotopic (exact) mass is 468 g/mol. The van der Waals surface area contributed by atoms with Crippen molar-refractivity contribution in [3.05, 3.63) is 54.1 Å². The number of rotatable bonds is 12. The molecule has 2 aromatic carbocycles. The van der Waals surface area contributed by atoms with Gasteiger partial charge in [-0.15, -0.1) is 5.10 Å². The molecule has 0 spiro atoms. The van der Waals surface area contributed by atoms with Gasteiger partial charge in [0.05, 0.1) is 30.6 Å². The van der Waals surface area contributed by atoms with Gasteiger partial charge in [-0.2, -0.15) is 4.98 Å². The Balaban J connectivity index is 1.72. The predicted molar refractivity (Wildman–Crippen MR) is 134 cm³/mol. The summed E-state index contributed by atoms with van der Waals surface area (Å²) >= 11 is 0. The van der Waals surface area contributed by atoms with E-state index in [1.54, 1.807) is 4.68 Å². The van der Waals surface area contributed by atoms with Gasteiger partial charge in [-0.1, -0.05) is 29.8 Å². The highest BCUT2D eigenvalue weighted by molar-refractivity contribution is 5.60. The SMILES string of the molecule is CCOCCOc1nc(-c2ccc(C)cc2)n(-c2ccc(NCC(O)COC(C)(C)C)cc2)n1. The Kier molecular flexibility index (Phi) is 9.04. The number of aromatic nitrogens is 3. The summed E-state index contributed by atoms with van der Waals surface area (Å²) in [7, 11) is 0. The Morgan fingerprint density at radius 2 is 1.74 bits per heavy atom. The maximum Gasteiger partial charge on any atom is 0.336 e. The smallest absolute Gasteiger partial charge is 0.336 e. The van der Waals surface area contributed by atoms with E-state index >= 15 is 0 Å². The summed E-state index contributed by atoms with van der Waals surface area (Å²) in [5.74, 6) is 0.696. The van der Waals surface area contributed by atoms with Crippen LogP contribution in [0.15, 0.2) is 48.5 Å². The minimum absolute atomic E-state index is 0.277. The number of anilines is 1. The number of benzene rings is 2. The van der Waals surface area contributed by atoms with Crippen molar-refractivity contribution in [3.8, 4) is 23.1 Å². The molecule has 34 heavy (non-hydrogen) atoms. The summed E-state index contributed by atoms with van der Waals surface area (Å²) in [6, 6.07) is 16.3. The van der Waals surface area contributed by atoms with Gasteiger partial charge in [0.1, 0.15) is 6.61 Å². The van der Waals surface area contributed by atoms with Crippen molar-refractivity contribution in [1.82, 2.24) is 14.8 Å². The van der Waals surface area contributed by atoms with E-state index in [0.717, 1.165) is 16.9 Å². The first-order valence-corrected chi connectivity index (χ1v) is 11.7. The van der Waals surface area contributed by atoms with Crippen LogP contribution in [0.3, 0.4) is 0 Å². The molecule has 3 aromatic rings. The van der Waals surface area contributed by atoms with Crippen LogP contribution in [0.5, 0.6) is 6.01 Å². The van der Waals surface area contributed by atoms with Gasteiger partial charge in [-0.25, -0.2) is 4.68 Å². The molecule has 3 rings (SSSR count). The Bertz CT molecular complexity index is 1010. The molecule has 0 fully saturated rings. The van der Waals surface area contributed by atoms with E-state index in [-0.39, 0.29) is 12.2 Å². The van der Waals surface area contributed by atoms with Gasteiger partial charge < -0.3 is 24.6 Å². The molecule has 0 aliphatic rings. The number of aryl methyl sites for hydroxylation is 1. The molecule has 0 aliphatic carbocycles. The average molecular weight is 469 g/mol. The average Bonchev–Trinajstić information content (AvgIpc) is 3.23. The van der Waals surface area contributed by atoms with Gasteiger partial charge >= 0.3 is 6.01 Å². The van der Waals surface area contributed by atoms with Crippen LogP contribution in [0.2, 0.25) is 0 Å². The zero-order valence-electron chi connectivity index (χ0n) is 20.7. The van der Waals surface area contributed by atoms with Crippen molar-refractivity contribution >= 4 is 5.69 Å². The van der Waals surface area contributed by atoms with E-state index in [1.807, 2.05) is 76.2 Å². The number of hydrogen-bond donors (Lipinski definition) is 2. The molecule has 1 aromatic heterocycles. The highest BCUT2D eigenvalue weighted by atomic mass is 16.5. The Morgan fingerprint density at radius 3 is 2.38 bits per heavy atom. The van der Waals surface area contributed by atoms with Crippen molar-refractivity contribution in [3.63, 3.8) is 0 Å². The fourth-order valence-corrected chi connectivity index (χ4v) is 3.12. The molecular formula is C26H36N4O4. The predicted octanol–water partition coefficient (Wildman–Crippen LogP) is 4.25. The number of aliphatic hydroxyl groups is 1. The lowest BCUT2D eigenvalue weighted by atomic mass is 10.1. The van der Waals surface area contributed by atoms with Gasteiger partial charge in [-0.3, -0.25) is 0 Å². The Labute approximate surface area is 201 Å². The second kappa shape index (κ2) is 12.0. The second-order valence-corrected chi connectivity index (χ2v) is 9.05. The highest BCUT2D eigenvalue weighted by Gasteiger charge is 2.16. The molecule has 2 N–H and O–H groups in total. The first-order valence-electron chi connectivity index (χ1n) is 11.7. The third kappa shape index (κ3) is 7.83. The zero-order chi connectivity index (χ0) is 24.6. The van der Waals surface area contributed by atoms with E-state index in [9.17, 15) is 5.11 Å². The third-order valence-electron chi connectivity index (χ3n) is 4.92. The fourth-order valence-electron chi connectivity index (χ4n) is 3.12. The van der Waals surface area contributed by atoms with Crippen LogP contribution in [0.4, 0.5) is 5.69 Å². The van der Waals surface area contributed by atoms with Gasteiger partial charge in [0, 0.05) is 24.4 Å². The number of ether oxygens (including phenoxy) is 3. The maximum absolute atomic E-state index is 10.2. The maximum atomic E-state index is 10.2. The van der Waals surface area contributed by atoms with E-state index in [1.165, 1.54) is 5.56 Å². The quantitative estimate of drug-likeness (QED) is 0.384. The Hall–Kier alpha value is -2.94. The fraction of sp³-hybridized carbons (Fsp3) is 0.462. The highest BCUT2D eigenvalue weighted by Crippen LogP contribution is 2.25. The standard InChI is InChI=1S/C26H36N4O4/c1-6-32-15-16-33-25-28-24(20-9-7-19(2)8-10-20)30(29-25)22-13-11-21(12-14-22)27-17-23(31)18-34-26(3,4)5/h7-14,23,27,31H,6,15-18H2,1-5H3. The minimum atomic E-state index is -0.598. The lowest BCUT2D eigenvalue weighted by Gasteiger charge is -2.22. The van der Waals surface area contributed by atoms with Crippen molar-refractivity contribution < 1.29 is 19.3 Å². The molecule has 8 heteroatoms. The second-order valence-electron chi connectivity index (χ2n) is 9.05. The largest absolute Gasteiger partial charge is 0.460 e. The van der Waals surface area contributed by atoms with Crippen LogP contribution in [-0.2, 0) is 9.47 Å². The molecule has 0 amide bonds. The first kappa shape index (κ1) is 25.7. The molecule has 0 bridgehead atoms. The number of hydrogen-bond acceptors (Lipinski definition) is 7. The van der Waals surface area contributed by atoms with E-state index in [0.29, 0.717) is 38.2 Å². The minimum Gasteiger partial charge on any atom is -0.460 e. The molecule has 0 saturated heterocycles. The third-order valence-corrected chi connectivity index (χ3v) is 4.92. The lowest BCUT2D eigenvalue weighted by molar-refractivity contribution is -0.0449. The number of nitrogens with zero attached hydrogens (tertiary/aromatic N) is 3. The molecule has 8 nitrogen and oxygen atoms in total. The normalized spacial score (nSPS) is 12.5. The van der Waals surface area contributed by atoms with Crippen molar-refractivity contribution in [1.29, 1.82) is 0 Å². The molecular weight excluding hydrogens is 432 g/mol. The van der Waals surface area contributed by atoms with Crippen LogP contribution < -0.4 is 10.1 Å². The van der Waals surface area contributed by atoms with Crippen molar-refractivity contribution in [2.24, 2.45) is 0 Å². The van der Waals surface area contributed by atoms with Crippen LogP contribution in [0.25, 0.3) is 17.1 Å². The summed E-state index contributed by atoms with van der Waals surface area (Å²) < 4.78 is 18.5. The number of nitrogens with one attached hydrogen (secondary N) is 1. The summed E-state index contributed by atoms with van der Waals surface area (Å²) in [6.45, 7) is 12.1. The van der Waals surface area contributed by atoms with Gasteiger partial charge in [-0.05, 0) is 58.9 Å². The topological polar surface area (TPSA) is 90.7 Å². The first-order chi connectivity index (χ1) is 16.2. The summed E-state index contributed by atoms with van der Waals surface area (Å²) in [6.07, 6.45) is -0.598. The van der Waals surface area contributed by atoms with Crippen LogP contribution in [-0.4, -0.2) is 64.5 Å². The van der Waals surface area contributed by atoms with Crippen LogP contribution in [0.1, 0.15) is 33.3 Å². The lowest BCUT2D eigenvalue weighted by Crippen LogP contribution is -2.30. The van der Waals surface area contributed by atoms with Crippen molar-refractivity contribution in [2.75, 3.05) is 38.3 Å². The Morgan fingerprint density at radius 1 is 1.03 bits per heavy atom.